The van der Waals surface area contributed by atoms with Crippen LogP contribution in [0, 0.1) is 0 Å². The predicted octanol–water partition coefficient (Wildman–Crippen LogP) is 2.38. The van der Waals surface area contributed by atoms with E-state index in [9.17, 15) is 8.42 Å². The maximum Gasteiger partial charge on any atom is 0.147 e. The normalized spacial score (nSPS) is 11.3. The van der Waals surface area contributed by atoms with Crippen molar-refractivity contribution >= 4 is 21.2 Å². The fourth-order valence-corrected chi connectivity index (χ4v) is 2.61. The average molecular weight is 284 g/mol. The molecule has 1 N–H and O–H groups in total. The molecule has 0 saturated carbocycles. The molecule has 1 rings (SSSR count). The van der Waals surface area contributed by atoms with Gasteiger partial charge in [0, 0.05) is 37.3 Å². The molecule has 0 atom stereocenters. The molecule has 5 heteroatoms. The molecule has 0 fully saturated rings. The highest BCUT2D eigenvalue weighted by molar-refractivity contribution is 7.90. The van der Waals surface area contributed by atoms with E-state index in [0.29, 0.717) is 13.0 Å². The monoisotopic (exact) mass is 284 g/mol. The SMILES string of the molecule is CCN(CC)c1ccc(NCCCS(C)(=O)=O)cc1. The molecule has 19 heavy (non-hydrogen) atoms. The summed E-state index contributed by atoms with van der Waals surface area (Å²) in [4.78, 5) is 2.29. The Morgan fingerprint density at radius 2 is 1.68 bits per heavy atom. The first kappa shape index (κ1) is 15.8. The number of nitrogens with one attached hydrogen (secondary N) is 1. The Balaban J connectivity index is 2.44. The summed E-state index contributed by atoms with van der Waals surface area (Å²) in [5.41, 5.74) is 2.25. The molecule has 0 radical (unpaired) electrons. The minimum Gasteiger partial charge on any atom is -0.385 e. The molecule has 1 aromatic rings. The molecule has 0 saturated heterocycles. The van der Waals surface area contributed by atoms with Gasteiger partial charge in [-0.1, -0.05) is 0 Å². The number of anilines is 2. The fraction of sp³-hybridized carbons (Fsp3) is 0.571. The molecule has 0 aliphatic heterocycles. The Morgan fingerprint density at radius 1 is 1.11 bits per heavy atom. The molecular formula is C14H24N2O2S. The molecule has 4 nitrogen and oxygen atoms in total. The van der Waals surface area contributed by atoms with Crippen molar-refractivity contribution < 1.29 is 8.42 Å². The number of sulfone groups is 1. The zero-order valence-corrected chi connectivity index (χ0v) is 12.8. The third kappa shape index (κ3) is 5.96. The molecule has 0 unspecified atom stereocenters. The van der Waals surface area contributed by atoms with E-state index in [1.165, 1.54) is 11.9 Å². The third-order valence-corrected chi connectivity index (χ3v) is 4.05. The minimum atomic E-state index is -2.85. The fourth-order valence-electron chi connectivity index (χ4n) is 1.95. The van der Waals surface area contributed by atoms with Crippen LogP contribution in [0.2, 0.25) is 0 Å². The number of rotatable bonds is 8. The van der Waals surface area contributed by atoms with Crippen molar-refractivity contribution in [3.05, 3.63) is 24.3 Å². The second-order valence-electron chi connectivity index (χ2n) is 4.63. The molecule has 0 spiro atoms. The van der Waals surface area contributed by atoms with Gasteiger partial charge in [-0.15, -0.1) is 0 Å². The van der Waals surface area contributed by atoms with Crippen molar-refractivity contribution in [2.24, 2.45) is 0 Å². The van der Waals surface area contributed by atoms with Gasteiger partial charge in [0.25, 0.3) is 0 Å². The first-order valence-electron chi connectivity index (χ1n) is 6.73. The second kappa shape index (κ2) is 7.38. The van der Waals surface area contributed by atoms with Crippen LogP contribution in [0.4, 0.5) is 11.4 Å². The van der Waals surface area contributed by atoms with Crippen molar-refractivity contribution in [2.75, 3.05) is 41.9 Å². The van der Waals surface area contributed by atoms with Gasteiger partial charge in [-0.3, -0.25) is 0 Å². The highest BCUT2D eigenvalue weighted by Crippen LogP contribution is 2.17. The van der Waals surface area contributed by atoms with Crippen molar-refractivity contribution in [3.8, 4) is 0 Å². The number of benzene rings is 1. The molecule has 108 valence electrons. The Hall–Kier alpha value is -1.23. The van der Waals surface area contributed by atoms with Gasteiger partial charge < -0.3 is 10.2 Å². The Labute approximate surface area is 116 Å². The van der Waals surface area contributed by atoms with E-state index in [2.05, 4.69) is 36.2 Å². The highest BCUT2D eigenvalue weighted by Gasteiger charge is 2.02. The van der Waals surface area contributed by atoms with Crippen molar-refractivity contribution in [2.45, 2.75) is 20.3 Å². The van der Waals surface area contributed by atoms with Crippen LogP contribution in [0.1, 0.15) is 20.3 Å². The van der Waals surface area contributed by atoms with Crippen molar-refractivity contribution in [1.82, 2.24) is 0 Å². The lowest BCUT2D eigenvalue weighted by molar-refractivity contribution is 0.600. The summed E-state index contributed by atoms with van der Waals surface area (Å²) in [5.74, 6) is 0.234. The summed E-state index contributed by atoms with van der Waals surface area (Å²) >= 11 is 0. The first-order valence-corrected chi connectivity index (χ1v) is 8.79. The van der Waals surface area contributed by atoms with Crippen LogP contribution < -0.4 is 10.2 Å². The van der Waals surface area contributed by atoms with Crippen LogP contribution >= 0.6 is 0 Å². The Bertz CT molecular complexity index is 465. The minimum absolute atomic E-state index is 0.234. The number of hydrogen-bond acceptors (Lipinski definition) is 4. The molecule has 0 amide bonds. The van der Waals surface area contributed by atoms with Gasteiger partial charge in [0.2, 0.25) is 0 Å². The van der Waals surface area contributed by atoms with E-state index in [0.717, 1.165) is 18.8 Å². The number of nitrogens with zero attached hydrogens (tertiary/aromatic N) is 1. The molecule has 0 aromatic heterocycles. The van der Waals surface area contributed by atoms with Crippen LogP contribution in [0.5, 0.6) is 0 Å². The largest absolute Gasteiger partial charge is 0.385 e. The van der Waals surface area contributed by atoms with E-state index in [4.69, 9.17) is 0 Å². The topological polar surface area (TPSA) is 49.4 Å². The Kier molecular flexibility index (Phi) is 6.15. The molecule has 0 aliphatic rings. The average Bonchev–Trinajstić information content (AvgIpc) is 2.37. The molecule has 1 aromatic carbocycles. The zero-order chi connectivity index (χ0) is 14.3. The lowest BCUT2D eigenvalue weighted by Crippen LogP contribution is -2.21. The summed E-state index contributed by atoms with van der Waals surface area (Å²) in [6.45, 7) is 6.95. The number of hydrogen-bond donors (Lipinski definition) is 1. The van der Waals surface area contributed by atoms with Crippen LogP contribution in [-0.4, -0.2) is 40.1 Å². The molecule has 0 aliphatic carbocycles. The lowest BCUT2D eigenvalue weighted by atomic mass is 10.2. The van der Waals surface area contributed by atoms with Gasteiger partial charge in [0.1, 0.15) is 9.84 Å². The molecular weight excluding hydrogens is 260 g/mol. The van der Waals surface area contributed by atoms with Gasteiger partial charge in [0.15, 0.2) is 0 Å². The van der Waals surface area contributed by atoms with Gasteiger partial charge >= 0.3 is 0 Å². The van der Waals surface area contributed by atoms with Crippen molar-refractivity contribution in [1.29, 1.82) is 0 Å². The smallest absolute Gasteiger partial charge is 0.147 e. The summed E-state index contributed by atoms with van der Waals surface area (Å²) in [7, 11) is -2.85. The first-order chi connectivity index (χ1) is 8.96. The summed E-state index contributed by atoms with van der Waals surface area (Å²) < 4.78 is 22.0. The van der Waals surface area contributed by atoms with E-state index in [1.54, 1.807) is 0 Å². The standard InChI is InChI=1S/C14H24N2O2S/c1-4-16(5-2)14-9-7-13(8-10-14)15-11-6-12-19(3,17)18/h7-10,15H,4-6,11-12H2,1-3H3. The molecule has 0 heterocycles. The summed E-state index contributed by atoms with van der Waals surface area (Å²) in [5, 5.41) is 3.24. The molecule has 0 bridgehead atoms. The summed E-state index contributed by atoms with van der Waals surface area (Å²) in [6, 6.07) is 8.25. The van der Waals surface area contributed by atoms with E-state index < -0.39 is 9.84 Å². The second-order valence-corrected chi connectivity index (χ2v) is 6.89. The van der Waals surface area contributed by atoms with Gasteiger partial charge in [-0.25, -0.2) is 8.42 Å². The van der Waals surface area contributed by atoms with Gasteiger partial charge in [0.05, 0.1) is 5.75 Å². The van der Waals surface area contributed by atoms with Crippen LogP contribution in [-0.2, 0) is 9.84 Å². The zero-order valence-electron chi connectivity index (χ0n) is 12.0. The summed E-state index contributed by atoms with van der Waals surface area (Å²) in [6.07, 6.45) is 1.91. The predicted molar refractivity (Wildman–Crippen MR) is 82.8 cm³/mol. The maximum atomic E-state index is 11.0. The Morgan fingerprint density at radius 3 is 2.16 bits per heavy atom. The lowest BCUT2D eigenvalue weighted by Gasteiger charge is -2.21. The third-order valence-electron chi connectivity index (χ3n) is 3.02. The van der Waals surface area contributed by atoms with E-state index in [1.807, 2.05) is 12.1 Å². The van der Waals surface area contributed by atoms with Crippen molar-refractivity contribution in [3.63, 3.8) is 0 Å². The highest BCUT2D eigenvalue weighted by atomic mass is 32.2. The quantitative estimate of drug-likeness (QED) is 0.745. The van der Waals surface area contributed by atoms with Crippen LogP contribution in [0.3, 0.4) is 0 Å². The van der Waals surface area contributed by atoms with E-state index in [-0.39, 0.29) is 5.75 Å². The van der Waals surface area contributed by atoms with E-state index >= 15 is 0 Å². The van der Waals surface area contributed by atoms with Crippen LogP contribution in [0.15, 0.2) is 24.3 Å². The van der Waals surface area contributed by atoms with Gasteiger partial charge in [-0.05, 0) is 44.5 Å². The maximum absolute atomic E-state index is 11.0. The van der Waals surface area contributed by atoms with Gasteiger partial charge in [-0.2, -0.15) is 0 Å². The van der Waals surface area contributed by atoms with Crippen LogP contribution in [0.25, 0.3) is 0 Å².